The third-order valence-electron chi connectivity index (χ3n) is 4.59. The molecule has 0 aliphatic heterocycles. The lowest BCUT2D eigenvalue weighted by molar-refractivity contribution is -0.160. The highest BCUT2D eigenvalue weighted by molar-refractivity contribution is 5.80. The van der Waals surface area contributed by atoms with Crippen LogP contribution in [0.25, 0.3) is 0 Å². The zero-order valence-electron chi connectivity index (χ0n) is 17.1. The Bertz CT molecular complexity index is 956. The molecular weight excluding hydrogens is 383 g/mol. The molecule has 3 rings (SSSR count). The summed E-state index contributed by atoms with van der Waals surface area (Å²) in [4.78, 5) is 12.6. The van der Waals surface area contributed by atoms with Crippen LogP contribution in [0.3, 0.4) is 0 Å². The Morgan fingerprint density at radius 1 is 0.900 bits per heavy atom. The summed E-state index contributed by atoms with van der Waals surface area (Å²) in [5.41, 5.74) is 0.550. The van der Waals surface area contributed by atoms with Crippen molar-refractivity contribution in [3.8, 4) is 11.5 Å². The molecule has 3 aromatic carbocycles. The van der Waals surface area contributed by atoms with Gasteiger partial charge in [0.15, 0.2) is 11.6 Å². The van der Waals surface area contributed by atoms with Gasteiger partial charge in [0.2, 0.25) is 5.60 Å². The predicted octanol–water partition coefficient (Wildman–Crippen LogP) is 5.35. The molecule has 0 amide bonds. The summed E-state index contributed by atoms with van der Waals surface area (Å²) in [7, 11) is 0. The van der Waals surface area contributed by atoms with E-state index >= 15 is 0 Å². The van der Waals surface area contributed by atoms with Gasteiger partial charge in [0, 0.05) is 6.42 Å². The maximum Gasteiger partial charge on any atom is 0.350 e. The molecule has 0 saturated heterocycles. The zero-order valence-corrected chi connectivity index (χ0v) is 17.1. The highest BCUT2D eigenvalue weighted by atomic mass is 19.1. The van der Waals surface area contributed by atoms with Gasteiger partial charge >= 0.3 is 5.97 Å². The Hall–Kier alpha value is -3.34. The third-order valence-corrected chi connectivity index (χ3v) is 4.59. The van der Waals surface area contributed by atoms with Crippen LogP contribution in [0.4, 0.5) is 4.39 Å². The maximum atomic E-state index is 14.1. The summed E-state index contributed by atoms with van der Waals surface area (Å²) in [5.74, 6) is -0.346. The number of hydrogen-bond acceptors (Lipinski definition) is 4. The first-order chi connectivity index (χ1) is 14.5. The van der Waals surface area contributed by atoms with Crippen LogP contribution in [0.5, 0.6) is 11.5 Å². The molecule has 1 unspecified atom stereocenters. The van der Waals surface area contributed by atoms with Gasteiger partial charge in [0.25, 0.3) is 0 Å². The average molecular weight is 408 g/mol. The Morgan fingerprint density at radius 3 is 2.23 bits per heavy atom. The monoisotopic (exact) mass is 408 g/mol. The van der Waals surface area contributed by atoms with E-state index in [1.165, 1.54) is 12.1 Å². The quantitative estimate of drug-likeness (QED) is 0.448. The molecule has 0 N–H and O–H groups in total. The molecule has 3 aromatic rings. The van der Waals surface area contributed by atoms with Crippen LogP contribution >= 0.6 is 0 Å². The average Bonchev–Trinajstić information content (AvgIpc) is 2.76. The second-order valence-corrected chi connectivity index (χ2v) is 7.08. The van der Waals surface area contributed by atoms with Crippen molar-refractivity contribution in [2.24, 2.45) is 0 Å². The summed E-state index contributed by atoms with van der Waals surface area (Å²) >= 11 is 0. The molecule has 4 nitrogen and oxygen atoms in total. The van der Waals surface area contributed by atoms with Crippen LogP contribution in [-0.4, -0.2) is 18.2 Å². The first-order valence-corrected chi connectivity index (χ1v) is 9.86. The van der Waals surface area contributed by atoms with Crippen LogP contribution < -0.4 is 9.47 Å². The van der Waals surface area contributed by atoms with Crippen LogP contribution in [0.1, 0.15) is 25.0 Å². The standard InChI is InChI=1S/C25H25FO4/c1-3-28-24(27)25(2,30-23-12-8-7-11-22(23)26)17-19-13-15-21(16-14-19)29-18-20-9-5-4-6-10-20/h4-16H,3,17-18H2,1-2H3. The lowest BCUT2D eigenvalue weighted by Crippen LogP contribution is -2.45. The fourth-order valence-corrected chi connectivity index (χ4v) is 3.04. The number of halogens is 1. The molecular formula is C25H25FO4. The van der Waals surface area contributed by atoms with Crippen LogP contribution in [0, 0.1) is 5.82 Å². The normalized spacial score (nSPS) is 12.6. The van der Waals surface area contributed by atoms with Gasteiger partial charge in [0.1, 0.15) is 12.4 Å². The molecule has 0 radical (unpaired) electrons. The van der Waals surface area contributed by atoms with Crippen LogP contribution in [0.15, 0.2) is 78.9 Å². The minimum absolute atomic E-state index is 0.0101. The molecule has 5 heteroatoms. The second kappa shape index (κ2) is 9.92. The summed E-state index contributed by atoms with van der Waals surface area (Å²) in [5, 5.41) is 0. The number of hydrogen-bond donors (Lipinski definition) is 0. The van der Waals surface area contributed by atoms with Crippen molar-refractivity contribution in [1.82, 2.24) is 0 Å². The Morgan fingerprint density at radius 2 is 1.57 bits per heavy atom. The van der Waals surface area contributed by atoms with E-state index in [4.69, 9.17) is 14.2 Å². The molecule has 1 atom stereocenters. The van der Waals surface area contributed by atoms with Gasteiger partial charge in [-0.2, -0.15) is 0 Å². The molecule has 156 valence electrons. The fourth-order valence-electron chi connectivity index (χ4n) is 3.04. The molecule has 0 aliphatic rings. The zero-order chi connectivity index (χ0) is 21.4. The Balaban J connectivity index is 1.72. The molecule has 0 fully saturated rings. The smallest absolute Gasteiger partial charge is 0.350 e. The first kappa shape index (κ1) is 21.4. The lowest BCUT2D eigenvalue weighted by atomic mass is 9.96. The number of carbonyl (C=O) groups excluding carboxylic acids is 1. The van der Waals surface area contributed by atoms with Crippen molar-refractivity contribution in [2.75, 3.05) is 6.61 Å². The number of para-hydroxylation sites is 1. The van der Waals surface area contributed by atoms with Gasteiger partial charge < -0.3 is 14.2 Å². The first-order valence-electron chi connectivity index (χ1n) is 9.86. The minimum Gasteiger partial charge on any atom is -0.489 e. The van der Waals surface area contributed by atoms with E-state index < -0.39 is 17.4 Å². The highest BCUT2D eigenvalue weighted by Crippen LogP contribution is 2.27. The third kappa shape index (κ3) is 5.60. The van der Waals surface area contributed by atoms with Crippen LogP contribution in [-0.2, 0) is 22.6 Å². The van der Waals surface area contributed by atoms with E-state index in [9.17, 15) is 9.18 Å². The Labute approximate surface area is 176 Å². The van der Waals surface area contributed by atoms with Crippen molar-refractivity contribution >= 4 is 5.97 Å². The van der Waals surface area contributed by atoms with Crippen molar-refractivity contribution in [3.05, 3.63) is 95.8 Å². The number of rotatable bonds is 9. The van der Waals surface area contributed by atoms with Crippen LogP contribution in [0.2, 0.25) is 0 Å². The molecule has 0 aromatic heterocycles. The van der Waals surface area contributed by atoms with Gasteiger partial charge in [0.05, 0.1) is 6.61 Å². The molecule has 0 aliphatic carbocycles. The topological polar surface area (TPSA) is 44.8 Å². The number of ether oxygens (including phenoxy) is 3. The van der Waals surface area contributed by atoms with Crippen molar-refractivity contribution in [1.29, 1.82) is 0 Å². The summed E-state index contributed by atoms with van der Waals surface area (Å²) in [6.45, 7) is 4.01. The fraction of sp³-hybridized carbons (Fsp3) is 0.240. The number of benzene rings is 3. The SMILES string of the molecule is CCOC(=O)C(C)(Cc1ccc(OCc2ccccc2)cc1)Oc1ccccc1F. The highest BCUT2D eigenvalue weighted by Gasteiger charge is 2.38. The largest absolute Gasteiger partial charge is 0.489 e. The summed E-state index contributed by atoms with van der Waals surface area (Å²) in [6.07, 6.45) is 0.221. The van der Waals surface area contributed by atoms with Crippen molar-refractivity contribution in [2.45, 2.75) is 32.5 Å². The second-order valence-electron chi connectivity index (χ2n) is 7.08. The van der Waals surface area contributed by atoms with Gasteiger partial charge in [-0.25, -0.2) is 9.18 Å². The van der Waals surface area contributed by atoms with Gasteiger partial charge in [-0.05, 0) is 49.2 Å². The maximum absolute atomic E-state index is 14.1. The summed E-state index contributed by atoms with van der Waals surface area (Å²) in [6, 6.07) is 23.3. The number of esters is 1. The molecule has 30 heavy (non-hydrogen) atoms. The van der Waals surface area contributed by atoms with Gasteiger partial charge in [-0.1, -0.05) is 54.6 Å². The van der Waals surface area contributed by atoms with E-state index in [1.807, 2.05) is 54.6 Å². The molecule has 0 bridgehead atoms. The Kier molecular flexibility index (Phi) is 7.07. The minimum atomic E-state index is -1.37. The number of carbonyl (C=O) groups is 1. The summed E-state index contributed by atoms with van der Waals surface area (Å²) < 4.78 is 30.9. The molecule has 0 spiro atoms. The molecule has 0 heterocycles. The predicted molar refractivity (Wildman–Crippen MR) is 113 cm³/mol. The molecule has 0 saturated carbocycles. The van der Waals surface area contributed by atoms with Crippen molar-refractivity contribution in [3.63, 3.8) is 0 Å². The van der Waals surface area contributed by atoms with E-state index in [-0.39, 0.29) is 18.8 Å². The van der Waals surface area contributed by atoms with E-state index in [0.29, 0.717) is 6.61 Å². The van der Waals surface area contributed by atoms with E-state index in [1.54, 1.807) is 26.0 Å². The van der Waals surface area contributed by atoms with Gasteiger partial charge in [-0.15, -0.1) is 0 Å². The van der Waals surface area contributed by atoms with Gasteiger partial charge in [-0.3, -0.25) is 0 Å². The van der Waals surface area contributed by atoms with Crippen molar-refractivity contribution < 1.29 is 23.4 Å². The van der Waals surface area contributed by atoms with E-state index in [0.717, 1.165) is 16.9 Å². The van der Waals surface area contributed by atoms with E-state index in [2.05, 4.69) is 0 Å². The lowest BCUT2D eigenvalue weighted by Gasteiger charge is -2.28.